The summed E-state index contributed by atoms with van der Waals surface area (Å²) in [5.41, 5.74) is 0.443. The van der Waals surface area contributed by atoms with E-state index < -0.39 is 0 Å². The van der Waals surface area contributed by atoms with E-state index in [0.29, 0.717) is 47.7 Å². The molecule has 0 saturated carbocycles. The van der Waals surface area contributed by atoms with Gasteiger partial charge in [-0.15, -0.1) is 0 Å². The molecular formula is C15H14Cl2N4O. The Bertz CT molecular complexity index is 672. The topological polar surface area (TPSA) is 49.3 Å². The van der Waals surface area contributed by atoms with Crippen molar-refractivity contribution < 1.29 is 4.79 Å². The van der Waals surface area contributed by atoms with Gasteiger partial charge in [0.1, 0.15) is 0 Å². The number of hydrogen-bond acceptors (Lipinski definition) is 4. The van der Waals surface area contributed by atoms with Gasteiger partial charge in [-0.2, -0.15) is 0 Å². The summed E-state index contributed by atoms with van der Waals surface area (Å²) in [4.78, 5) is 24.8. The van der Waals surface area contributed by atoms with Crippen molar-refractivity contribution in [1.29, 1.82) is 0 Å². The van der Waals surface area contributed by atoms with Gasteiger partial charge in [0, 0.05) is 43.6 Å². The molecule has 1 saturated heterocycles. The van der Waals surface area contributed by atoms with Crippen molar-refractivity contribution in [2.45, 2.75) is 0 Å². The SMILES string of the molecule is O=C(c1cc(Cl)ccc1Cl)N1CCN(c2ncccn2)CC1. The molecule has 5 nitrogen and oxygen atoms in total. The molecule has 1 aromatic carbocycles. The van der Waals surface area contributed by atoms with E-state index in [1.807, 2.05) is 0 Å². The maximum absolute atomic E-state index is 12.5. The van der Waals surface area contributed by atoms with Gasteiger partial charge in [-0.1, -0.05) is 23.2 Å². The number of aromatic nitrogens is 2. The van der Waals surface area contributed by atoms with Crippen LogP contribution in [0.3, 0.4) is 0 Å². The first-order valence-electron chi connectivity index (χ1n) is 6.91. The van der Waals surface area contributed by atoms with Crippen LogP contribution >= 0.6 is 23.2 Å². The van der Waals surface area contributed by atoms with E-state index in [9.17, 15) is 4.79 Å². The zero-order valence-corrected chi connectivity index (χ0v) is 13.3. The van der Waals surface area contributed by atoms with Crippen molar-refractivity contribution >= 4 is 35.1 Å². The van der Waals surface area contributed by atoms with Crippen molar-refractivity contribution in [2.75, 3.05) is 31.1 Å². The molecule has 0 aliphatic carbocycles. The van der Waals surface area contributed by atoms with E-state index >= 15 is 0 Å². The minimum absolute atomic E-state index is 0.0962. The molecule has 0 N–H and O–H groups in total. The van der Waals surface area contributed by atoms with E-state index in [1.165, 1.54) is 0 Å². The zero-order valence-electron chi connectivity index (χ0n) is 11.7. The van der Waals surface area contributed by atoms with Gasteiger partial charge in [-0.3, -0.25) is 4.79 Å². The number of carbonyl (C=O) groups excluding carboxylic acids is 1. The highest BCUT2D eigenvalue weighted by Crippen LogP contribution is 2.23. The van der Waals surface area contributed by atoms with Crippen LogP contribution in [0, 0.1) is 0 Å². The van der Waals surface area contributed by atoms with Crippen LogP contribution in [0.15, 0.2) is 36.7 Å². The third-order valence-corrected chi connectivity index (χ3v) is 4.13. The molecule has 7 heteroatoms. The van der Waals surface area contributed by atoms with Gasteiger partial charge >= 0.3 is 0 Å². The predicted molar refractivity (Wildman–Crippen MR) is 86.6 cm³/mol. The van der Waals surface area contributed by atoms with Crippen molar-refractivity contribution in [3.8, 4) is 0 Å². The highest BCUT2D eigenvalue weighted by molar-refractivity contribution is 6.35. The second kappa shape index (κ2) is 6.50. The van der Waals surface area contributed by atoms with Crippen LogP contribution < -0.4 is 4.90 Å². The van der Waals surface area contributed by atoms with Crippen LogP contribution in [-0.2, 0) is 0 Å². The zero-order chi connectivity index (χ0) is 15.5. The van der Waals surface area contributed by atoms with Crippen molar-refractivity contribution in [3.05, 3.63) is 52.3 Å². The van der Waals surface area contributed by atoms with Crippen molar-refractivity contribution in [2.24, 2.45) is 0 Å². The number of nitrogens with zero attached hydrogens (tertiary/aromatic N) is 4. The van der Waals surface area contributed by atoms with Crippen molar-refractivity contribution in [3.63, 3.8) is 0 Å². The van der Waals surface area contributed by atoms with Crippen LogP contribution in [0.4, 0.5) is 5.95 Å². The smallest absolute Gasteiger partial charge is 0.255 e. The lowest BCUT2D eigenvalue weighted by Crippen LogP contribution is -2.49. The number of carbonyl (C=O) groups is 1. The highest BCUT2D eigenvalue weighted by Gasteiger charge is 2.24. The average molecular weight is 337 g/mol. The summed E-state index contributed by atoms with van der Waals surface area (Å²) in [6, 6.07) is 6.71. The van der Waals surface area contributed by atoms with E-state index in [-0.39, 0.29) is 5.91 Å². The normalized spacial score (nSPS) is 15.0. The quantitative estimate of drug-likeness (QED) is 0.846. The molecule has 1 aromatic heterocycles. The van der Waals surface area contributed by atoms with Crippen LogP contribution in [0.25, 0.3) is 0 Å². The Morgan fingerprint density at radius 2 is 1.73 bits per heavy atom. The summed E-state index contributed by atoms with van der Waals surface area (Å²) >= 11 is 12.0. The van der Waals surface area contributed by atoms with Gasteiger partial charge < -0.3 is 9.80 Å². The standard InChI is InChI=1S/C15H14Cl2N4O/c16-11-2-3-13(17)12(10-11)14(22)20-6-8-21(9-7-20)15-18-4-1-5-19-15/h1-5,10H,6-9H2. The molecule has 0 atom stereocenters. The summed E-state index contributed by atoms with van der Waals surface area (Å²) in [6.07, 6.45) is 3.43. The number of rotatable bonds is 2. The summed E-state index contributed by atoms with van der Waals surface area (Å²) in [7, 11) is 0. The second-order valence-electron chi connectivity index (χ2n) is 4.95. The lowest BCUT2D eigenvalue weighted by Gasteiger charge is -2.34. The Morgan fingerprint density at radius 1 is 1.05 bits per heavy atom. The number of anilines is 1. The molecule has 2 heterocycles. The van der Waals surface area contributed by atoms with Gasteiger partial charge in [-0.25, -0.2) is 9.97 Å². The van der Waals surface area contributed by atoms with Gasteiger partial charge in [0.25, 0.3) is 5.91 Å². The van der Waals surface area contributed by atoms with Crippen LogP contribution in [0.2, 0.25) is 10.0 Å². The Morgan fingerprint density at radius 3 is 2.41 bits per heavy atom. The van der Waals surface area contributed by atoms with E-state index in [0.717, 1.165) is 0 Å². The summed E-state index contributed by atoms with van der Waals surface area (Å²) in [5.74, 6) is 0.594. The Kier molecular flexibility index (Phi) is 4.45. The van der Waals surface area contributed by atoms with E-state index in [1.54, 1.807) is 41.6 Å². The predicted octanol–water partition coefficient (Wildman–Crippen LogP) is 2.75. The molecule has 0 bridgehead atoms. The number of amides is 1. The minimum Gasteiger partial charge on any atom is -0.337 e. The molecule has 0 spiro atoms. The van der Waals surface area contributed by atoms with Gasteiger partial charge in [0.05, 0.1) is 10.6 Å². The first-order valence-corrected chi connectivity index (χ1v) is 7.67. The molecule has 1 fully saturated rings. The highest BCUT2D eigenvalue weighted by atomic mass is 35.5. The molecular weight excluding hydrogens is 323 g/mol. The molecule has 3 rings (SSSR count). The maximum Gasteiger partial charge on any atom is 0.255 e. The fourth-order valence-electron chi connectivity index (χ4n) is 2.40. The Balaban J connectivity index is 1.68. The lowest BCUT2D eigenvalue weighted by molar-refractivity contribution is 0.0746. The summed E-state index contributed by atoms with van der Waals surface area (Å²) in [6.45, 7) is 2.57. The number of piperazine rings is 1. The maximum atomic E-state index is 12.5. The van der Waals surface area contributed by atoms with Gasteiger partial charge in [0.15, 0.2) is 0 Å². The largest absolute Gasteiger partial charge is 0.337 e. The number of hydrogen-bond donors (Lipinski definition) is 0. The van der Waals surface area contributed by atoms with E-state index in [4.69, 9.17) is 23.2 Å². The molecule has 1 aliphatic heterocycles. The third-order valence-electron chi connectivity index (χ3n) is 3.56. The fourth-order valence-corrected chi connectivity index (χ4v) is 2.77. The monoisotopic (exact) mass is 336 g/mol. The first kappa shape index (κ1) is 15.1. The van der Waals surface area contributed by atoms with Gasteiger partial charge in [0.2, 0.25) is 5.95 Å². The molecule has 22 heavy (non-hydrogen) atoms. The molecule has 1 amide bonds. The first-order chi connectivity index (χ1) is 10.6. The second-order valence-corrected chi connectivity index (χ2v) is 5.80. The Hall–Kier alpha value is -1.85. The number of halogens is 2. The molecule has 1 aliphatic rings. The van der Waals surface area contributed by atoms with Crippen LogP contribution in [-0.4, -0.2) is 47.0 Å². The third kappa shape index (κ3) is 3.15. The average Bonchev–Trinajstić information content (AvgIpc) is 2.57. The molecule has 0 radical (unpaired) electrons. The molecule has 0 unspecified atom stereocenters. The Labute approximate surface area is 138 Å². The van der Waals surface area contributed by atoms with Crippen LogP contribution in [0.5, 0.6) is 0 Å². The number of benzene rings is 1. The van der Waals surface area contributed by atoms with Crippen LogP contribution in [0.1, 0.15) is 10.4 Å². The molecule has 114 valence electrons. The van der Waals surface area contributed by atoms with Crippen molar-refractivity contribution in [1.82, 2.24) is 14.9 Å². The summed E-state index contributed by atoms with van der Waals surface area (Å²) < 4.78 is 0. The summed E-state index contributed by atoms with van der Waals surface area (Å²) in [5, 5.41) is 0.923. The van der Waals surface area contributed by atoms with Gasteiger partial charge in [-0.05, 0) is 24.3 Å². The fraction of sp³-hybridized carbons (Fsp3) is 0.267. The van der Waals surface area contributed by atoms with E-state index in [2.05, 4.69) is 14.9 Å². The minimum atomic E-state index is -0.0962. The lowest BCUT2D eigenvalue weighted by atomic mass is 10.2. The molecule has 2 aromatic rings.